The van der Waals surface area contributed by atoms with Crippen LogP contribution >= 0.6 is 0 Å². The average Bonchev–Trinajstić information content (AvgIpc) is 3.44. The fourth-order valence-electron chi connectivity index (χ4n) is 3.33. The summed E-state index contributed by atoms with van der Waals surface area (Å²) < 4.78 is 10.3. The van der Waals surface area contributed by atoms with Crippen molar-refractivity contribution in [2.24, 2.45) is 5.73 Å². The van der Waals surface area contributed by atoms with Crippen LogP contribution in [-0.4, -0.2) is 54.3 Å². The molecular weight excluding hydrogens is 390 g/mol. The number of carbonyl (C=O) groups is 4. The molecule has 30 heavy (non-hydrogen) atoms. The maximum atomic E-state index is 12.7. The molecule has 1 saturated heterocycles. The Kier molecular flexibility index (Phi) is 6.84. The Morgan fingerprint density at radius 3 is 2.57 bits per heavy atom. The van der Waals surface area contributed by atoms with Gasteiger partial charge in [0, 0.05) is 25.2 Å². The number of hydrogen-bond donors (Lipinski definition) is 1. The van der Waals surface area contributed by atoms with Gasteiger partial charge in [0.2, 0.25) is 5.91 Å². The largest absolute Gasteiger partial charge is 0.459 e. The number of likely N-dealkylation sites (tertiary alicyclic amines) is 1. The van der Waals surface area contributed by atoms with Crippen molar-refractivity contribution < 1.29 is 28.3 Å². The molecule has 2 heterocycles. The number of carbonyl (C=O) groups excluding carboxylic acids is 4. The van der Waals surface area contributed by atoms with Gasteiger partial charge < -0.3 is 24.7 Å². The molecule has 1 atom stereocenters. The highest BCUT2D eigenvalue weighted by atomic mass is 16.5. The van der Waals surface area contributed by atoms with Gasteiger partial charge in [0.1, 0.15) is 6.04 Å². The molecule has 1 aromatic carbocycles. The van der Waals surface area contributed by atoms with Crippen LogP contribution in [0.2, 0.25) is 0 Å². The number of rotatable bonds is 8. The molecule has 0 spiro atoms. The van der Waals surface area contributed by atoms with Crippen LogP contribution < -0.4 is 10.6 Å². The van der Waals surface area contributed by atoms with Crippen molar-refractivity contribution in [2.75, 3.05) is 24.6 Å². The molecule has 0 saturated carbocycles. The number of anilines is 1. The Balaban J connectivity index is 1.62. The molecule has 0 unspecified atom stereocenters. The Hall–Kier alpha value is -3.62. The molecule has 158 valence electrons. The van der Waals surface area contributed by atoms with Crippen molar-refractivity contribution in [1.82, 2.24) is 4.90 Å². The zero-order valence-corrected chi connectivity index (χ0v) is 16.4. The van der Waals surface area contributed by atoms with Crippen molar-refractivity contribution in [3.05, 3.63) is 54.5 Å². The number of hydrogen-bond acceptors (Lipinski definition) is 6. The highest BCUT2D eigenvalue weighted by molar-refractivity contribution is 5.97. The van der Waals surface area contributed by atoms with Crippen LogP contribution in [0.4, 0.5) is 5.69 Å². The van der Waals surface area contributed by atoms with Crippen molar-refractivity contribution in [1.29, 1.82) is 0 Å². The lowest BCUT2D eigenvalue weighted by molar-refractivity contribution is -0.151. The van der Waals surface area contributed by atoms with E-state index in [1.54, 1.807) is 36.4 Å². The smallest absolute Gasteiger partial charge is 0.329 e. The molecule has 3 rings (SSSR count). The molecule has 1 aromatic heterocycles. The SMILES string of the molecule is NC(=O)CCN(C(=O)COC(=O)[C@@H]1CCCN1C(=O)c1ccco1)c1ccccc1. The van der Waals surface area contributed by atoms with Crippen molar-refractivity contribution >= 4 is 29.4 Å². The standard InChI is InChI=1S/C21H23N3O6/c22-18(25)10-12-23(15-6-2-1-3-7-15)19(26)14-30-21(28)16-8-4-11-24(16)20(27)17-9-5-13-29-17/h1-3,5-7,9,13,16H,4,8,10-12,14H2,(H2,22,25)/t16-/m0/s1. The van der Waals surface area contributed by atoms with Gasteiger partial charge in [-0.2, -0.15) is 0 Å². The summed E-state index contributed by atoms with van der Waals surface area (Å²) in [4.78, 5) is 51.6. The Bertz CT molecular complexity index is 897. The number of para-hydroxylation sites is 1. The second-order valence-corrected chi connectivity index (χ2v) is 6.84. The fourth-order valence-corrected chi connectivity index (χ4v) is 3.33. The molecule has 9 nitrogen and oxygen atoms in total. The first-order chi connectivity index (χ1) is 14.5. The third-order valence-electron chi connectivity index (χ3n) is 4.81. The molecule has 9 heteroatoms. The van der Waals surface area contributed by atoms with E-state index in [2.05, 4.69) is 0 Å². The monoisotopic (exact) mass is 413 g/mol. The highest BCUT2D eigenvalue weighted by Gasteiger charge is 2.37. The van der Waals surface area contributed by atoms with Crippen LogP contribution in [0.1, 0.15) is 29.8 Å². The lowest BCUT2D eigenvalue weighted by Crippen LogP contribution is -2.43. The van der Waals surface area contributed by atoms with Gasteiger partial charge >= 0.3 is 5.97 Å². The van der Waals surface area contributed by atoms with Gasteiger partial charge in [0.05, 0.1) is 6.26 Å². The van der Waals surface area contributed by atoms with Crippen LogP contribution in [0.25, 0.3) is 0 Å². The topological polar surface area (TPSA) is 123 Å². The van der Waals surface area contributed by atoms with Crippen LogP contribution in [0.15, 0.2) is 53.1 Å². The Morgan fingerprint density at radius 2 is 1.90 bits per heavy atom. The minimum Gasteiger partial charge on any atom is -0.459 e. The maximum Gasteiger partial charge on any atom is 0.329 e. The first-order valence-corrected chi connectivity index (χ1v) is 9.62. The highest BCUT2D eigenvalue weighted by Crippen LogP contribution is 2.22. The average molecular weight is 413 g/mol. The Morgan fingerprint density at radius 1 is 1.13 bits per heavy atom. The van der Waals surface area contributed by atoms with Crippen LogP contribution in [-0.2, 0) is 19.1 Å². The molecular formula is C21H23N3O6. The van der Waals surface area contributed by atoms with Crippen molar-refractivity contribution in [3.63, 3.8) is 0 Å². The number of benzene rings is 1. The molecule has 1 aliphatic rings. The minimum atomic E-state index is -0.772. The van der Waals surface area contributed by atoms with Crippen LogP contribution in [0, 0.1) is 0 Å². The van der Waals surface area contributed by atoms with Gasteiger partial charge in [0.15, 0.2) is 12.4 Å². The number of nitrogens with zero attached hydrogens (tertiary/aromatic N) is 2. The zero-order valence-electron chi connectivity index (χ0n) is 16.4. The van der Waals surface area contributed by atoms with Crippen molar-refractivity contribution in [2.45, 2.75) is 25.3 Å². The lowest BCUT2D eigenvalue weighted by Gasteiger charge is -2.24. The summed E-state index contributed by atoms with van der Waals surface area (Å²) in [6, 6.07) is 11.1. The van der Waals surface area contributed by atoms with E-state index in [9.17, 15) is 19.2 Å². The molecule has 0 bridgehead atoms. The number of furan rings is 1. The summed E-state index contributed by atoms with van der Waals surface area (Å²) in [5, 5.41) is 0. The van der Waals surface area contributed by atoms with Gasteiger partial charge in [0.25, 0.3) is 11.8 Å². The van der Waals surface area contributed by atoms with Gasteiger partial charge in [-0.05, 0) is 37.1 Å². The molecule has 1 fully saturated rings. The summed E-state index contributed by atoms with van der Waals surface area (Å²) >= 11 is 0. The van der Waals surface area contributed by atoms with Gasteiger partial charge in [-0.15, -0.1) is 0 Å². The van der Waals surface area contributed by atoms with Crippen LogP contribution in [0.3, 0.4) is 0 Å². The van der Waals surface area contributed by atoms with Crippen molar-refractivity contribution in [3.8, 4) is 0 Å². The van der Waals surface area contributed by atoms with Gasteiger partial charge in [-0.1, -0.05) is 18.2 Å². The summed E-state index contributed by atoms with van der Waals surface area (Å²) in [7, 11) is 0. The first kappa shape index (κ1) is 21.1. The predicted octanol–water partition coefficient (Wildman–Crippen LogP) is 1.34. The predicted molar refractivity (Wildman–Crippen MR) is 106 cm³/mol. The van der Waals surface area contributed by atoms with E-state index in [-0.39, 0.29) is 18.7 Å². The number of nitrogens with two attached hydrogens (primary N) is 1. The zero-order chi connectivity index (χ0) is 21.5. The van der Waals surface area contributed by atoms with E-state index in [0.717, 1.165) is 0 Å². The summed E-state index contributed by atoms with van der Waals surface area (Å²) in [5.41, 5.74) is 5.77. The summed E-state index contributed by atoms with van der Waals surface area (Å²) in [6.45, 7) is -0.0317. The lowest BCUT2D eigenvalue weighted by atomic mass is 10.2. The first-order valence-electron chi connectivity index (χ1n) is 9.62. The normalized spacial score (nSPS) is 15.6. The quantitative estimate of drug-likeness (QED) is 0.652. The second kappa shape index (κ2) is 9.73. The van der Waals surface area contributed by atoms with E-state index in [1.165, 1.54) is 22.1 Å². The van der Waals surface area contributed by atoms with E-state index < -0.39 is 36.3 Å². The number of ether oxygens (including phenoxy) is 1. The summed E-state index contributed by atoms with van der Waals surface area (Å²) in [6.07, 6.45) is 2.46. The third kappa shape index (κ3) is 5.05. The maximum absolute atomic E-state index is 12.7. The second-order valence-electron chi connectivity index (χ2n) is 6.84. The summed E-state index contributed by atoms with van der Waals surface area (Å²) in [5.74, 6) is -1.93. The van der Waals surface area contributed by atoms with Gasteiger partial charge in [-0.3, -0.25) is 14.4 Å². The third-order valence-corrected chi connectivity index (χ3v) is 4.81. The van der Waals surface area contributed by atoms with Gasteiger partial charge in [-0.25, -0.2) is 4.79 Å². The van der Waals surface area contributed by atoms with E-state index in [0.29, 0.717) is 25.1 Å². The molecule has 0 radical (unpaired) electrons. The number of amides is 3. The van der Waals surface area contributed by atoms with E-state index in [1.807, 2.05) is 0 Å². The molecule has 1 aliphatic heterocycles. The Labute approximate surface area is 173 Å². The van der Waals surface area contributed by atoms with E-state index in [4.69, 9.17) is 14.9 Å². The minimum absolute atomic E-state index is 0.0252. The molecule has 3 amide bonds. The number of primary amides is 1. The molecule has 0 aliphatic carbocycles. The fraction of sp³-hybridized carbons (Fsp3) is 0.333. The molecule has 2 aromatic rings. The van der Waals surface area contributed by atoms with E-state index >= 15 is 0 Å². The molecule has 2 N–H and O–H groups in total. The number of esters is 1. The van der Waals surface area contributed by atoms with Crippen LogP contribution in [0.5, 0.6) is 0 Å².